The molecule has 4 aromatic rings. The summed E-state index contributed by atoms with van der Waals surface area (Å²) in [5, 5.41) is 3.84. The van der Waals surface area contributed by atoms with Gasteiger partial charge in [-0.25, -0.2) is 12.8 Å². The standard InChI is InChI=1S/C27H23BrClFN2O4S/c1-31-27(33)25-20-13-19(16-3-4-16)23(14-24(20)36-26(25)17-5-7-18(29)8-6-17)32-37(34,35)11-10-15-2-9-21(28)22(30)12-15/h2,5-9,12-14,16,32H,3-4,10-11H2,1H3,(H,31,33). The van der Waals surface area contributed by atoms with Gasteiger partial charge in [0.25, 0.3) is 5.91 Å². The minimum atomic E-state index is -3.75. The van der Waals surface area contributed by atoms with Crippen molar-refractivity contribution in [3.8, 4) is 11.3 Å². The third-order valence-electron chi connectivity index (χ3n) is 6.35. The first-order valence-corrected chi connectivity index (χ1v) is 14.5. The third-order valence-corrected chi connectivity index (χ3v) is 8.51. The molecule has 1 heterocycles. The quantitative estimate of drug-likeness (QED) is 0.229. The second-order valence-corrected chi connectivity index (χ2v) is 12.2. The highest BCUT2D eigenvalue weighted by Crippen LogP contribution is 2.47. The lowest BCUT2D eigenvalue weighted by atomic mass is 10.0. The predicted octanol–water partition coefficient (Wildman–Crippen LogP) is 6.88. The number of hydrogen-bond acceptors (Lipinski definition) is 4. The summed E-state index contributed by atoms with van der Waals surface area (Å²) >= 11 is 9.14. The van der Waals surface area contributed by atoms with Crippen molar-refractivity contribution in [3.05, 3.63) is 86.6 Å². The van der Waals surface area contributed by atoms with E-state index < -0.39 is 15.8 Å². The molecule has 5 rings (SSSR count). The van der Waals surface area contributed by atoms with Crippen molar-refractivity contribution >= 4 is 60.1 Å². The zero-order valence-corrected chi connectivity index (χ0v) is 22.9. The molecule has 2 N–H and O–H groups in total. The van der Waals surface area contributed by atoms with Crippen LogP contribution in [0.1, 0.15) is 40.2 Å². The van der Waals surface area contributed by atoms with E-state index in [0.717, 1.165) is 18.4 Å². The fourth-order valence-electron chi connectivity index (χ4n) is 4.30. The number of hydrogen-bond donors (Lipinski definition) is 2. The van der Waals surface area contributed by atoms with Crippen LogP contribution in [0.4, 0.5) is 10.1 Å². The number of amides is 1. The lowest BCUT2D eigenvalue weighted by Crippen LogP contribution is -2.19. The second-order valence-electron chi connectivity index (χ2n) is 9.02. The molecule has 0 atom stereocenters. The highest BCUT2D eigenvalue weighted by Gasteiger charge is 2.30. The minimum absolute atomic E-state index is 0.156. The normalized spacial score (nSPS) is 13.6. The summed E-state index contributed by atoms with van der Waals surface area (Å²) < 4.78 is 49.0. The van der Waals surface area contributed by atoms with Crippen molar-refractivity contribution in [3.63, 3.8) is 0 Å². The molecule has 1 aromatic heterocycles. The first kappa shape index (κ1) is 25.8. The summed E-state index contributed by atoms with van der Waals surface area (Å²) in [6.07, 6.45) is 2.01. The van der Waals surface area contributed by atoms with Crippen LogP contribution in [0.25, 0.3) is 22.3 Å². The molecular weight excluding hydrogens is 583 g/mol. The maximum atomic E-state index is 13.8. The number of sulfonamides is 1. The van der Waals surface area contributed by atoms with Gasteiger partial charge in [0.15, 0.2) is 0 Å². The predicted molar refractivity (Wildman–Crippen MR) is 147 cm³/mol. The van der Waals surface area contributed by atoms with Crippen LogP contribution in [0.3, 0.4) is 0 Å². The number of furan rings is 1. The second kappa shape index (κ2) is 10.1. The third kappa shape index (κ3) is 5.54. The lowest BCUT2D eigenvalue weighted by Gasteiger charge is -2.13. The molecule has 1 saturated carbocycles. The van der Waals surface area contributed by atoms with Crippen LogP contribution in [0.5, 0.6) is 0 Å². The van der Waals surface area contributed by atoms with Crippen molar-refractivity contribution in [2.24, 2.45) is 0 Å². The van der Waals surface area contributed by atoms with Gasteiger partial charge in [-0.1, -0.05) is 17.7 Å². The molecule has 1 aliphatic rings. The van der Waals surface area contributed by atoms with E-state index in [1.807, 2.05) is 6.07 Å². The fraction of sp³-hybridized carbons (Fsp3) is 0.222. The van der Waals surface area contributed by atoms with Crippen LogP contribution in [-0.4, -0.2) is 27.1 Å². The number of aryl methyl sites for hydroxylation is 1. The molecule has 0 spiro atoms. The van der Waals surface area contributed by atoms with Gasteiger partial charge in [0.1, 0.15) is 17.2 Å². The molecule has 0 radical (unpaired) electrons. The van der Waals surface area contributed by atoms with Gasteiger partial charge in [0.05, 0.1) is 21.5 Å². The van der Waals surface area contributed by atoms with Gasteiger partial charge >= 0.3 is 0 Å². The maximum Gasteiger partial charge on any atom is 0.255 e. The molecule has 10 heteroatoms. The summed E-state index contributed by atoms with van der Waals surface area (Å²) in [5.74, 6) is -0.390. The van der Waals surface area contributed by atoms with Crippen molar-refractivity contribution in [1.82, 2.24) is 5.32 Å². The Labute approximate surface area is 227 Å². The molecule has 0 aliphatic heterocycles. The maximum absolute atomic E-state index is 13.8. The number of anilines is 1. The number of carbonyl (C=O) groups excluding carboxylic acids is 1. The molecular formula is C27H23BrClFN2O4S. The molecule has 1 amide bonds. The summed E-state index contributed by atoms with van der Waals surface area (Å²) in [5.41, 5.74) is 3.28. The van der Waals surface area contributed by atoms with E-state index in [2.05, 4.69) is 26.0 Å². The van der Waals surface area contributed by atoms with Crippen LogP contribution in [0, 0.1) is 5.82 Å². The van der Waals surface area contributed by atoms with Gasteiger partial charge in [-0.3, -0.25) is 9.52 Å². The topological polar surface area (TPSA) is 88.4 Å². The Bertz CT molecular complexity index is 1620. The number of carbonyl (C=O) groups is 1. The number of benzene rings is 3. The molecule has 6 nitrogen and oxygen atoms in total. The first-order valence-electron chi connectivity index (χ1n) is 11.7. The number of fused-ring (bicyclic) bond motifs is 1. The van der Waals surface area contributed by atoms with E-state index >= 15 is 0 Å². The molecule has 37 heavy (non-hydrogen) atoms. The van der Waals surface area contributed by atoms with E-state index in [0.29, 0.717) is 48.6 Å². The van der Waals surface area contributed by atoms with Gasteiger partial charge < -0.3 is 9.73 Å². The summed E-state index contributed by atoms with van der Waals surface area (Å²) in [6.45, 7) is 0. The average molecular weight is 606 g/mol. The van der Waals surface area contributed by atoms with Crippen molar-refractivity contribution in [2.75, 3.05) is 17.5 Å². The molecule has 0 unspecified atom stereocenters. The van der Waals surface area contributed by atoms with Gasteiger partial charge in [-0.05, 0) is 94.7 Å². The number of nitrogens with one attached hydrogen (secondary N) is 2. The average Bonchev–Trinajstić information content (AvgIpc) is 3.65. The van der Waals surface area contributed by atoms with Gasteiger partial charge in [0, 0.05) is 29.1 Å². The Hall–Kier alpha value is -2.88. The van der Waals surface area contributed by atoms with E-state index in [1.165, 1.54) is 6.07 Å². The largest absolute Gasteiger partial charge is 0.455 e. The summed E-state index contributed by atoms with van der Waals surface area (Å²) in [7, 11) is -2.20. The van der Waals surface area contributed by atoms with E-state index in [-0.39, 0.29) is 24.0 Å². The zero-order chi connectivity index (χ0) is 26.3. The molecule has 0 bridgehead atoms. The summed E-state index contributed by atoms with van der Waals surface area (Å²) in [6, 6.07) is 15.0. The van der Waals surface area contributed by atoms with Gasteiger partial charge in [0.2, 0.25) is 10.0 Å². The van der Waals surface area contributed by atoms with Crippen LogP contribution in [0.15, 0.2) is 63.5 Å². The van der Waals surface area contributed by atoms with Crippen molar-refractivity contribution in [1.29, 1.82) is 0 Å². The first-order chi connectivity index (χ1) is 17.6. The summed E-state index contributed by atoms with van der Waals surface area (Å²) in [4.78, 5) is 12.9. The Balaban J connectivity index is 1.52. The SMILES string of the molecule is CNC(=O)c1c(-c2ccc(Cl)cc2)oc2cc(NS(=O)(=O)CCc3ccc(Br)c(F)c3)c(C3CC3)cc12. The van der Waals surface area contributed by atoms with E-state index in [9.17, 15) is 17.6 Å². The minimum Gasteiger partial charge on any atom is -0.455 e. The monoisotopic (exact) mass is 604 g/mol. The van der Waals surface area contributed by atoms with Crippen LogP contribution in [0.2, 0.25) is 5.02 Å². The Kier molecular flexibility index (Phi) is 7.04. The molecule has 1 fully saturated rings. The van der Waals surface area contributed by atoms with Gasteiger partial charge in [-0.2, -0.15) is 0 Å². The molecule has 3 aromatic carbocycles. The zero-order valence-electron chi connectivity index (χ0n) is 19.8. The highest BCUT2D eigenvalue weighted by atomic mass is 79.9. The molecule has 192 valence electrons. The van der Waals surface area contributed by atoms with Crippen molar-refractivity contribution < 1.29 is 22.0 Å². The smallest absolute Gasteiger partial charge is 0.255 e. The highest BCUT2D eigenvalue weighted by molar-refractivity contribution is 9.10. The van der Waals surface area contributed by atoms with Crippen LogP contribution < -0.4 is 10.0 Å². The number of rotatable bonds is 8. The lowest BCUT2D eigenvalue weighted by molar-refractivity contribution is 0.0964. The Morgan fingerprint density at radius 1 is 1.14 bits per heavy atom. The number of halogens is 3. The molecule has 1 aliphatic carbocycles. The molecule has 0 saturated heterocycles. The van der Waals surface area contributed by atoms with Crippen LogP contribution >= 0.6 is 27.5 Å². The van der Waals surface area contributed by atoms with Crippen LogP contribution in [-0.2, 0) is 16.4 Å². The van der Waals surface area contributed by atoms with Gasteiger partial charge in [-0.15, -0.1) is 0 Å². The van der Waals surface area contributed by atoms with Crippen molar-refractivity contribution in [2.45, 2.75) is 25.2 Å². The fourth-order valence-corrected chi connectivity index (χ4v) is 5.79. The van der Waals surface area contributed by atoms with E-state index in [4.69, 9.17) is 16.0 Å². The Morgan fingerprint density at radius 2 is 1.86 bits per heavy atom. The van der Waals surface area contributed by atoms with E-state index in [1.54, 1.807) is 49.5 Å². The Morgan fingerprint density at radius 3 is 2.51 bits per heavy atom.